The number of rotatable bonds is 4. The second-order valence-corrected chi connectivity index (χ2v) is 5.04. The number of ether oxygens (including phenoxy) is 1. The zero-order valence-electron chi connectivity index (χ0n) is 9.59. The molecule has 0 atom stereocenters. The van der Waals surface area contributed by atoms with E-state index in [9.17, 15) is 4.79 Å². The first-order chi connectivity index (χ1) is 8.04. The quantitative estimate of drug-likeness (QED) is 0.504. The highest BCUT2D eigenvalue weighted by molar-refractivity contribution is 14.1. The molecule has 17 heavy (non-hydrogen) atoms. The van der Waals surface area contributed by atoms with Crippen LogP contribution in [0.3, 0.4) is 0 Å². The predicted molar refractivity (Wildman–Crippen MR) is 78.4 cm³/mol. The predicted octanol–water partition coefficient (Wildman–Crippen LogP) is 3.48. The van der Waals surface area contributed by atoms with Crippen molar-refractivity contribution < 1.29 is 9.53 Å². The summed E-state index contributed by atoms with van der Waals surface area (Å²) in [6, 6.07) is 5.75. The number of hydrogen-bond acceptors (Lipinski definition) is 3. The van der Waals surface area contributed by atoms with E-state index >= 15 is 0 Å². The fourth-order valence-corrected chi connectivity index (χ4v) is 2.11. The molecule has 0 fully saturated rings. The zero-order chi connectivity index (χ0) is 12.8. The van der Waals surface area contributed by atoms with E-state index < -0.39 is 0 Å². The first-order valence-electron chi connectivity index (χ1n) is 4.98. The summed E-state index contributed by atoms with van der Waals surface area (Å²) in [5, 5.41) is 3.80. The number of carbonyl (C=O) groups is 1. The number of carbonyl (C=O) groups excluding carboxylic acids is 1. The first kappa shape index (κ1) is 14.3. The minimum absolute atomic E-state index is 0.319. The molecule has 0 spiro atoms. The molecule has 1 aromatic carbocycles. The molecule has 0 amide bonds. The maximum Gasteiger partial charge on any atom is 0.333 e. The Morgan fingerprint density at radius 3 is 2.88 bits per heavy atom. The molecule has 0 radical (unpaired) electrons. The smallest absolute Gasteiger partial charge is 0.333 e. The molecule has 0 aromatic heterocycles. The Bertz CT molecular complexity index is 446. The molecule has 92 valence electrons. The first-order valence-corrected chi connectivity index (χ1v) is 6.44. The lowest BCUT2D eigenvalue weighted by Gasteiger charge is -2.06. The molecule has 1 N–H and O–H groups in total. The van der Waals surface area contributed by atoms with Gasteiger partial charge >= 0.3 is 5.97 Å². The molecular formula is C12H13ClINO2. The number of methoxy groups -OCH3 is 1. The fraction of sp³-hybridized carbons (Fsp3) is 0.250. The highest BCUT2D eigenvalue weighted by Crippen LogP contribution is 2.23. The van der Waals surface area contributed by atoms with Gasteiger partial charge in [0.25, 0.3) is 0 Å². The number of hydrogen-bond donors (Lipinski definition) is 1. The summed E-state index contributed by atoms with van der Waals surface area (Å²) in [6.45, 7) is 2.24. The summed E-state index contributed by atoms with van der Waals surface area (Å²) in [7, 11) is 1.36. The molecule has 0 aliphatic heterocycles. The molecule has 0 saturated carbocycles. The molecule has 5 heteroatoms. The van der Waals surface area contributed by atoms with E-state index in [2.05, 4.69) is 32.6 Å². The van der Waals surface area contributed by atoms with Crippen LogP contribution >= 0.6 is 34.2 Å². The van der Waals surface area contributed by atoms with Crippen LogP contribution < -0.4 is 5.32 Å². The van der Waals surface area contributed by atoms with E-state index in [1.54, 1.807) is 13.0 Å². The van der Waals surface area contributed by atoms with Gasteiger partial charge in [-0.1, -0.05) is 17.7 Å². The maximum absolute atomic E-state index is 11.1. The van der Waals surface area contributed by atoms with Gasteiger partial charge in [0.2, 0.25) is 0 Å². The van der Waals surface area contributed by atoms with Gasteiger partial charge < -0.3 is 10.1 Å². The van der Waals surface area contributed by atoms with Crippen LogP contribution in [0.4, 0.5) is 5.69 Å². The largest absolute Gasteiger partial charge is 0.466 e. The van der Waals surface area contributed by atoms with Crippen molar-refractivity contribution in [1.29, 1.82) is 0 Å². The molecule has 0 unspecified atom stereocenters. The van der Waals surface area contributed by atoms with E-state index in [4.69, 9.17) is 11.6 Å². The molecule has 3 nitrogen and oxygen atoms in total. The molecule has 1 aromatic rings. The van der Waals surface area contributed by atoms with Crippen LogP contribution in [0.1, 0.15) is 6.92 Å². The topological polar surface area (TPSA) is 38.3 Å². The number of halogens is 2. The molecule has 0 aliphatic carbocycles. The Kier molecular flexibility index (Phi) is 5.77. The van der Waals surface area contributed by atoms with E-state index in [-0.39, 0.29) is 5.97 Å². The van der Waals surface area contributed by atoms with Crippen molar-refractivity contribution in [2.75, 3.05) is 19.0 Å². The van der Waals surface area contributed by atoms with E-state index in [1.807, 2.05) is 18.2 Å². The van der Waals surface area contributed by atoms with Crippen molar-refractivity contribution in [3.63, 3.8) is 0 Å². The van der Waals surface area contributed by atoms with Crippen LogP contribution in [0, 0.1) is 3.57 Å². The average molecular weight is 366 g/mol. The van der Waals surface area contributed by atoms with Gasteiger partial charge in [-0.25, -0.2) is 4.79 Å². The van der Waals surface area contributed by atoms with Gasteiger partial charge in [-0.15, -0.1) is 0 Å². The highest BCUT2D eigenvalue weighted by atomic mass is 127. The van der Waals surface area contributed by atoms with Crippen LogP contribution in [0.2, 0.25) is 5.02 Å². The van der Waals surface area contributed by atoms with Crippen molar-refractivity contribution in [2.24, 2.45) is 0 Å². The fourth-order valence-electron chi connectivity index (χ4n) is 1.19. The number of anilines is 1. The van der Waals surface area contributed by atoms with Gasteiger partial charge in [-0.3, -0.25) is 0 Å². The third kappa shape index (κ3) is 4.55. The second-order valence-electron chi connectivity index (χ2n) is 3.38. The lowest BCUT2D eigenvalue weighted by molar-refractivity contribution is -0.136. The third-order valence-corrected chi connectivity index (χ3v) is 3.12. The highest BCUT2D eigenvalue weighted by Gasteiger charge is 2.02. The minimum atomic E-state index is -0.319. The van der Waals surface area contributed by atoms with Gasteiger partial charge in [0.15, 0.2) is 0 Å². The summed E-state index contributed by atoms with van der Waals surface area (Å²) in [5.41, 5.74) is 1.42. The van der Waals surface area contributed by atoms with Crippen LogP contribution in [-0.2, 0) is 9.53 Å². The van der Waals surface area contributed by atoms with Gasteiger partial charge in [0.05, 0.1) is 17.8 Å². The van der Waals surface area contributed by atoms with Gasteiger partial charge in [0, 0.05) is 15.7 Å². The summed E-state index contributed by atoms with van der Waals surface area (Å²) in [6.07, 6.45) is 1.76. The lowest BCUT2D eigenvalue weighted by Crippen LogP contribution is -2.05. The third-order valence-electron chi connectivity index (χ3n) is 2.14. The van der Waals surface area contributed by atoms with Crippen LogP contribution in [0.15, 0.2) is 29.8 Å². The SMILES string of the molecule is COC(=O)/C(C)=C/CNc1ccc(I)cc1Cl. The van der Waals surface area contributed by atoms with E-state index in [0.29, 0.717) is 17.1 Å². The molecular weight excluding hydrogens is 352 g/mol. The van der Waals surface area contributed by atoms with Crippen LogP contribution in [-0.4, -0.2) is 19.6 Å². The Labute approximate surface area is 119 Å². The van der Waals surface area contributed by atoms with Crippen molar-refractivity contribution in [3.05, 3.63) is 38.4 Å². The Hall–Kier alpha value is -0.750. The lowest BCUT2D eigenvalue weighted by atomic mass is 10.2. The Morgan fingerprint density at radius 2 is 2.29 bits per heavy atom. The molecule has 1 rings (SSSR count). The van der Waals surface area contributed by atoms with Gasteiger partial charge in [0.1, 0.15) is 0 Å². The second kappa shape index (κ2) is 6.86. The maximum atomic E-state index is 11.1. The molecule has 0 heterocycles. The van der Waals surface area contributed by atoms with Crippen molar-refractivity contribution in [2.45, 2.75) is 6.92 Å². The van der Waals surface area contributed by atoms with Gasteiger partial charge in [-0.05, 0) is 47.7 Å². The standard InChI is InChI=1S/C12H13ClINO2/c1-8(12(16)17-2)5-6-15-11-4-3-9(14)7-10(11)13/h3-5,7,15H,6H2,1-2H3/b8-5+. The number of benzene rings is 1. The summed E-state index contributed by atoms with van der Waals surface area (Å²) in [5.74, 6) is -0.319. The Balaban J connectivity index is 2.59. The summed E-state index contributed by atoms with van der Waals surface area (Å²) >= 11 is 8.25. The Morgan fingerprint density at radius 1 is 1.59 bits per heavy atom. The monoisotopic (exact) mass is 365 g/mol. The van der Waals surface area contributed by atoms with Crippen molar-refractivity contribution in [3.8, 4) is 0 Å². The van der Waals surface area contributed by atoms with Crippen LogP contribution in [0.5, 0.6) is 0 Å². The zero-order valence-corrected chi connectivity index (χ0v) is 12.5. The van der Waals surface area contributed by atoms with Crippen molar-refractivity contribution >= 4 is 45.8 Å². The van der Waals surface area contributed by atoms with E-state index in [1.165, 1.54) is 7.11 Å². The summed E-state index contributed by atoms with van der Waals surface area (Å²) in [4.78, 5) is 11.1. The molecule has 0 bridgehead atoms. The van der Waals surface area contributed by atoms with Crippen molar-refractivity contribution in [1.82, 2.24) is 0 Å². The molecule has 0 saturated heterocycles. The van der Waals surface area contributed by atoms with Gasteiger partial charge in [-0.2, -0.15) is 0 Å². The summed E-state index contributed by atoms with van der Waals surface area (Å²) < 4.78 is 5.67. The number of nitrogens with one attached hydrogen (secondary N) is 1. The number of esters is 1. The van der Waals surface area contributed by atoms with E-state index in [0.717, 1.165) is 9.26 Å². The minimum Gasteiger partial charge on any atom is -0.466 e. The molecule has 0 aliphatic rings. The normalized spacial score (nSPS) is 11.2. The van der Waals surface area contributed by atoms with Crippen LogP contribution in [0.25, 0.3) is 0 Å². The average Bonchev–Trinajstić information content (AvgIpc) is 2.30.